The smallest absolute Gasteiger partial charge is 0.324 e. The average Bonchev–Trinajstić information content (AvgIpc) is 3.45. The molecule has 2 saturated heterocycles. The Balaban J connectivity index is 1.33. The third kappa shape index (κ3) is 3.82. The number of carbonyl (C=O) groups is 4. The first-order chi connectivity index (χ1) is 16.5. The molecule has 2 N–H and O–H groups in total. The number of nitrogens with zero attached hydrogens (tertiary/aromatic N) is 2. The maximum Gasteiger partial charge on any atom is 0.324 e. The highest BCUT2D eigenvalue weighted by molar-refractivity contribution is 7.10. The highest BCUT2D eigenvalue weighted by atomic mass is 32.1. The molecule has 1 spiro atoms. The standard InChI is InChI=1S/C26H30N4O4S/c1-15-8-10-35-21(15)19-7-9-25(2,3)23(33)30(19)14-20(31)27-18-6-5-16-12-26(13-17(16)11-18)22(32)28-24(34)29(26)4/h5-6,8,10-11,19H,7,9,12-14H2,1-4H3,(H,27,31)(H,28,32,34)/t19-,26?/m1/s1. The van der Waals surface area contributed by atoms with Crippen LogP contribution in [0.3, 0.4) is 0 Å². The van der Waals surface area contributed by atoms with Crippen molar-refractivity contribution >= 4 is 40.8 Å². The Bertz CT molecular complexity index is 1250. The maximum absolute atomic E-state index is 13.3. The van der Waals surface area contributed by atoms with Crippen LogP contribution in [0.15, 0.2) is 29.6 Å². The maximum atomic E-state index is 13.3. The molecule has 1 unspecified atom stereocenters. The Hall–Kier alpha value is -3.20. The number of rotatable bonds is 4. The van der Waals surface area contributed by atoms with Crippen molar-refractivity contribution in [2.75, 3.05) is 18.9 Å². The van der Waals surface area contributed by atoms with E-state index in [9.17, 15) is 19.2 Å². The monoisotopic (exact) mass is 494 g/mol. The summed E-state index contributed by atoms with van der Waals surface area (Å²) < 4.78 is 0. The third-order valence-corrected chi connectivity index (χ3v) is 8.94. The van der Waals surface area contributed by atoms with Gasteiger partial charge in [0.05, 0.1) is 6.04 Å². The molecule has 2 aliphatic heterocycles. The topological polar surface area (TPSA) is 98.8 Å². The molecule has 3 heterocycles. The van der Waals surface area contributed by atoms with Crippen LogP contribution < -0.4 is 10.6 Å². The van der Waals surface area contributed by atoms with Crippen molar-refractivity contribution < 1.29 is 19.2 Å². The van der Waals surface area contributed by atoms with Crippen molar-refractivity contribution in [3.63, 3.8) is 0 Å². The van der Waals surface area contributed by atoms with Crippen LogP contribution in [0.1, 0.15) is 54.3 Å². The van der Waals surface area contributed by atoms with Crippen LogP contribution in [-0.4, -0.2) is 52.7 Å². The number of fused-ring (bicyclic) bond motifs is 1. The summed E-state index contributed by atoms with van der Waals surface area (Å²) in [4.78, 5) is 55.3. The fourth-order valence-electron chi connectivity index (χ4n) is 5.60. The van der Waals surface area contributed by atoms with E-state index in [0.717, 1.165) is 34.4 Å². The minimum Gasteiger partial charge on any atom is -0.325 e. The van der Waals surface area contributed by atoms with Crippen molar-refractivity contribution in [3.8, 4) is 0 Å². The molecule has 1 aliphatic carbocycles. The number of carbonyl (C=O) groups excluding carboxylic acids is 4. The zero-order valence-electron chi connectivity index (χ0n) is 20.4. The van der Waals surface area contributed by atoms with E-state index < -0.39 is 11.0 Å². The zero-order valence-corrected chi connectivity index (χ0v) is 21.3. The van der Waals surface area contributed by atoms with Crippen molar-refractivity contribution in [2.24, 2.45) is 5.41 Å². The van der Waals surface area contributed by atoms with E-state index in [1.165, 1.54) is 4.90 Å². The van der Waals surface area contributed by atoms with Crippen LogP contribution in [0.5, 0.6) is 0 Å². The molecule has 2 aromatic rings. The lowest BCUT2D eigenvalue weighted by molar-refractivity contribution is -0.150. The Kier molecular flexibility index (Phi) is 5.51. The van der Waals surface area contributed by atoms with E-state index in [2.05, 4.69) is 16.7 Å². The largest absolute Gasteiger partial charge is 0.325 e. The summed E-state index contributed by atoms with van der Waals surface area (Å²) in [6, 6.07) is 7.14. The third-order valence-electron chi connectivity index (χ3n) is 7.82. The lowest BCUT2D eigenvalue weighted by atomic mass is 9.79. The molecule has 2 atom stereocenters. The minimum atomic E-state index is -0.903. The molecule has 3 aliphatic rings. The molecule has 184 valence electrons. The van der Waals surface area contributed by atoms with Crippen molar-refractivity contribution in [1.82, 2.24) is 15.1 Å². The summed E-state index contributed by atoms with van der Waals surface area (Å²) in [7, 11) is 1.64. The van der Waals surface area contributed by atoms with Crippen molar-refractivity contribution in [3.05, 3.63) is 51.2 Å². The molecule has 1 aromatic carbocycles. The van der Waals surface area contributed by atoms with E-state index in [4.69, 9.17) is 0 Å². The number of piperidine rings is 1. The average molecular weight is 495 g/mol. The number of likely N-dealkylation sites (N-methyl/N-ethyl adjacent to an activating group) is 1. The normalized spacial score (nSPS) is 25.3. The van der Waals surface area contributed by atoms with Crippen molar-refractivity contribution in [1.29, 1.82) is 0 Å². The number of amides is 5. The van der Waals surface area contributed by atoms with Gasteiger partial charge in [-0.05, 0) is 60.0 Å². The summed E-state index contributed by atoms with van der Waals surface area (Å²) in [5, 5.41) is 7.37. The molecule has 9 heteroatoms. The second kappa shape index (κ2) is 8.19. The van der Waals surface area contributed by atoms with Crippen LogP contribution in [0, 0.1) is 12.3 Å². The number of hydrogen-bond acceptors (Lipinski definition) is 5. The zero-order chi connectivity index (χ0) is 25.1. The van der Waals surface area contributed by atoms with Gasteiger partial charge in [0.1, 0.15) is 12.1 Å². The van der Waals surface area contributed by atoms with Gasteiger partial charge in [-0.1, -0.05) is 19.9 Å². The van der Waals surface area contributed by atoms with E-state index in [1.807, 2.05) is 44.4 Å². The first-order valence-electron chi connectivity index (χ1n) is 11.9. The molecule has 2 fully saturated rings. The Morgan fingerprint density at radius 3 is 2.57 bits per heavy atom. The number of likely N-dealkylation sites (tertiary alicyclic amines) is 1. The highest BCUT2D eigenvalue weighted by Gasteiger charge is 2.54. The van der Waals surface area contributed by atoms with Gasteiger partial charge < -0.3 is 15.1 Å². The Labute approximate surface area is 208 Å². The fourth-order valence-corrected chi connectivity index (χ4v) is 6.68. The van der Waals surface area contributed by atoms with Gasteiger partial charge in [-0.2, -0.15) is 0 Å². The second-order valence-corrected chi connectivity index (χ2v) is 11.5. The number of hydrogen-bond donors (Lipinski definition) is 2. The van der Waals surface area contributed by atoms with Gasteiger partial charge in [-0.3, -0.25) is 19.7 Å². The van der Waals surface area contributed by atoms with Crippen LogP contribution in [-0.2, 0) is 27.2 Å². The first kappa shape index (κ1) is 23.5. The van der Waals surface area contributed by atoms with Gasteiger partial charge >= 0.3 is 6.03 Å². The number of urea groups is 1. The predicted molar refractivity (Wildman–Crippen MR) is 133 cm³/mol. The molecule has 5 amide bonds. The lowest BCUT2D eigenvalue weighted by Crippen LogP contribution is -2.50. The number of imide groups is 1. The molecule has 5 rings (SSSR count). The molecule has 1 aromatic heterocycles. The van der Waals surface area contributed by atoms with E-state index in [0.29, 0.717) is 18.5 Å². The summed E-state index contributed by atoms with van der Waals surface area (Å²) in [5.41, 5.74) is 2.27. The van der Waals surface area contributed by atoms with E-state index >= 15 is 0 Å². The molecule has 35 heavy (non-hydrogen) atoms. The summed E-state index contributed by atoms with van der Waals surface area (Å²) >= 11 is 1.63. The molecule has 0 radical (unpaired) electrons. The molecular formula is C26H30N4O4S. The predicted octanol–water partition coefficient (Wildman–Crippen LogP) is 3.40. The number of nitrogens with one attached hydrogen (secondary N) is 2. The molecule has 0 saturated carbocycles. The van der Waals surface area contributed by atoms with Crippen LogP contribution in [0.25, 0.3) is 0 Å². The van der Waals surface area contributed by atoms with E-state index in [1.54, 1.807) is 23.3 Å². The molecular weight excluding hydrogens is 464 g/mol. The minimum absolute atomic E-state index is 0.00690. The SMILES string of the molecule is Cc1ccsc1[C@H]1CCC(C)(C)C(=O)N1CC(=O)Nc1ccc2c(c1)CC1(C2)C(=O)NC(=O)N1C. The number of aryl methyl sites for hydroxylation is 1. The quantitative estimate of drug-likeness (QED) is 0.637. The Morgan fingerprint density at radius 2 is 1.91 bits per heavy atom. The van der Waals surface area contributed by atoms with Gasteiger partial charge in [0.25, 0.3) is 5.91 Å². The van der Waals surface area contributed by atoms with Gasteiger partial charge in [-0.15, -0.1) is 11.3 Å². The van der Waals surface area contributed by atoms with E-state index in [-0.39, 0.29) is 36.3 Å². The van der Waals surface area contributed by atoms with Gasteiger partial charge in [0.15, 0.2) is 0 Å². The number of anilines is 1. The summed E-state index contributed by atoms with van der Waals surface area (Å²) in [6.07, 6.45) is 2.45. The summed E-state index contributed by atoms with van der Waals surface area (Å²) in [6.45, 7) is 5.90. The van der Waals surface area contributed by atoms with Gasteiger partial charge in [0, 0.05) is 35.9 Å². The van der Waals surface area contributed by atoms with Gasteiger partial charge in [0.2, 0.25) is 11.8 Å². The number of benzene rings is 1. The van der Waals surface area contributed by atoms with Crippen LogP contribution in [0.4, 0.5) is 10.5 Å². The van der Waals surface area contributed by atoms with Crippen LogP contribution >= 0.6 is 11.3 Å². The molecule has 0 bridgehead atoms. The van der Waals surface area contributed by atoms with Gasteiger partial charge in [-0.25, -0.2) is 4.79 Å². The fraction of sp³-hybridized carbons (Fsp3) is 0.462. The van der Waals surface area contributed by atoms with Crippen LogP contribution in [0.2, 0.25) is 0 Å². The number of thiophene rings is 1. The molecule has 8 nitrogen and oxygen atoms in total. The highest BCUT2D eigenvalue weighted by Crippen LogP contribution is 2.43. The van der Waals surface area contributed by atoms with Crippen molar-refractivity contribution in [2.45, 2.75) is 58.0 Å². The second-order valence-electron chi connectivity index (χ2n) is 10.6. The lowest BCUT2D eigenvalue weighted by Gasteiger charge is -2.42. The first-order valence-corrected chi connectivity index (χ1v) is 12.8. The summed E-state index contributed by atoms with van der Waals surface area (Å²) in [5.74, 6) is -0.547. The Morgan fingerprint density at radius 1 is 1.17 bits per heavy atom.